The number of H-pyrrole nitrogens is 2. The summed E-state index contributed by atoms with van der Waals surface area (Å²) in [7, 11) is 5.32. The predicted molar refractivity (Wildman–Crippen MR) is 317 cm³/mol. The van der Waals surface area contributed by atoms with Crippen molar-refractivity contribution in [2.45, 2.75) is 160 Å². The van der Waals surface area contributed by atoms with Crippen LogP contribution in [0.1, 0.15) is 132 Å². The molecule has 1 aromatic carbocycles. The maximum absolute atomic E-state index is 10.2. The number of aromatic nitrogens is 11. The summed E-state index contributed by atoms with van der Waals surface area (Å²) in [6.07, 6.45) is 35.0. The Hall–Kier alpha value is -5.96. The first-order valence-corrected chi connectivity index (χ1v) is 27.9. The van der Waals surface area contributed by atoms with E-state index in [1.54, 1.807) is 53.1 Å². The molecule has 0 radical (unpaired) electrons. The number of unbranched alkanes of at least 4 members (excludes halogenated alkanes) is 1. The molecule has 444 valence electrons. The summed E-state index contributed by atoms with van der Waals surface area (Å²) in [6, 6.07) is 8.40. The summed E-state index contributed by atoms with van der Waals surface area (Å²) < 4.78 is 32.0. The third-order valence-electron chi connectivity index (χ3n) is 10.1. The molecule has 6 aromatic heterocycles. The summed E-state index contributed by atoms with van der Waals surface area (Å²) in [5.41, 5.74) is 5.03. The van der Waals surface area contributed by atoms with Crippen LogP contribution in [0.3, 0.4) is 0 Å². The number of benzene rings is 1. The SMILES string of the molecule is CCC(O)CO.CCCCn1ccnc1.CCCc1cn(C)cn1.CCCn1ccnc1.CCOC(=O)CC.CCOCCOC.CCOCCOC.CCc1c[nH]c2ccccc12.CCc1cnc[nH]1.CCn1ccnc1. The number of carbonyl (C=O) groups is 1. The van der Waals surface area contributed by atoms with Crippen LogP contribution in [0.15, 0.2) is 112 Å². The zero-order valence-corrected chi connectivity index (χ0v) is 50.5. The number of hydrogen-bond donors (Lipinski definition) is 4. The van der Waals surface area contributed by atoms with E-state index in [1.807, 2.05) is 86.9 Å². The molecule has 0 fully saturated rings. The first kappa shape index (κ1) is 76.3. The summed E-state index contributed by atoms with van der Waals surface area (Å²) in [6.45, 7) is 30.2. The van der Waals surface area contributed by atoms with E-state index < -0.39 is 6.10 Å². The summed E-state index contributed by atoms with van der Waals surface area (Å²) in [5.74, 6) is -0.123. The van der Waals surface area contributed by atoms with Gasteiger partial charge in [-0.3, -0.25) is 4.79 Å². The van der Waals surface area contributed by atoms with Crippen molar-refractivity contribution in [3.63, 3.8) is 0 Å². The molecule has 7 rings (SSSR count). The molecule has 7 aromatic rings. The maximum Gasteiger partial charge on any atom is 0.305 e. The van der Waals surface area contributed by atoms with Gasteiger partial charge in [-0.25, -0.2) is 24.9 Å². The summed E-state index contributed by atoms with van der Waals surface area (Å²) in [4.78, 5) is 36.1. The van der Waals surface area contributed by atoms with Crippen LogP contribution in [-0.2, 0) is 74.4 Å². The molecule has 0 saturated carbocycles. The number of ether oxygens (including phenoxy) is 5. The van der Waals surface area contributed by atoms with Gasteiger partial charge >= 0.3 is 5.97 Å². The molecular formula is C59H105N11O8. The van der Waals surface area contributed by atoms with Gasteiger partial charge in [-0.05, 0) is 77.8 Å². The van der Waals surface area contributed by atoms with Crippen LogP contribution in [0.25, 0.3) is 10.9 Å². The smallest absolute Gasteiger partial charge is 0.305 e. The maximum atomic E-state index is 10.2. The minimum absolute atomic E-state index is 0.115. The second kappa shape index (κ2) is 58.7. The van der Waals surface area contributed by atoms with Crippen molar-refractivity contribution in [1.82, 2.24) is 53.2 Å². The van der Waals surface area contributed by atoms with Gasteiger partial charge in [-0.2, -0.15) is 0 Å². The van der Waals surface area contributed by atoms with Gasteiger partial charge in [-0.1, -0.05) is 79.5 Å². The summed E-state index contributed by atoms with van der Waals surface area (Å²) >= 11 is 0. The molecule has 1 atom stereocenters. The molecule has 4 N–H and O–H groups in total. The van der Waals surface area contributed by atoms with Gasteiger partial charge in [0.25, 0.3) is 0 Å². The largest absolute Gasteiger partial charge is 0.466 e. The number of nitrogens with zero attached hydrogens (tertiary/aromatic N) is 9. The Bertz CT molecular complexity index is 2100. The standard InChI is InChI=1S/C10H11N.2C7H12N2.C6H10N2.2C5H8N2.2C5H12O2.C5H10O2.C4H10O2/c1-2-8-7-11-10-6-4-3-5-9(8)10;1-3-4-7-5-9(2)6-8-7;1-2-3-5-9-6-4-8-7-9;1-2-4-8-5-3-7-6-8;1-2-5-3-6-4-7-5;1-2-7-4-3-6-5-7;2*1-3-7-5-4-6-2;1-3-5(6)7-4-2;1-2-4(6)3-5/h3-7,11H,2H2,1H3;5-6H,3-4H2,1-2H3;4,6-7H,2-3,5H2,1H3;3,5-6H,2,4H2,1H3;3-4H,2H2,1H3,(H,6,7);3-5H,2H2,1H3;2*3-5H2,1-2H3;3-4H2,1-2H3;4-6H,2-3H2,1H3. The van der Waals surface area contributed by atoms with Gasteiger partial charge in [0.1, 0.15) is 0 Å². The zero-order chi connectivity index (χ0) is 58.7. The van der Waals surface area contributed by atoms with Crippen molar-refractivity contribution in [3.8, 4) is 0 Å². The molecule has 19 heteroatoms. The molecule has 0 bridgehead atoms. The van der Waals surface area contributed by atoms with Gasteiger partial charge in [0.15, 0.2) is 0 Å². The van der Waals surface area contributed by atoms with E-state index in [2.05, 4.69) is 127 Å². The van der Waals surface area contributed by atoms with Crippen molar-refractivity contribution in [3.05, 3.63) is 129 Å². The highest BCUT2D eigenvalue weighted by Gasteiger charge is 1.98. The molecule has 0 aliphatic rings. The molecule has 0 saturated heterocycles. The Morgan fingerprint density at radius 3 is 1.62 bits per heavy atom. The molecule has 1 unspecified atom stereocenters. The average Bonchev–Trinajstić information content (AvgIpc) is 4.35. The molecule has 6 heterocycles. The lowest BCUT2D eigenvalue weighted by atomic mass is 10.1. The minimum Gasteiger partial charge on any atom is -0.466 e. The second-order valence-corrected chi connectivity index (χ2v) is 16.6. The van der Waals surface area contributed by atoms with Crippen molar-refractivity contribution >= 4 is 16.9 Å². The highest BCUT2D eigenvalue weighted by molar-refractivity contribution is 5.82. The first-order valence-electron chi connectivity index (χ1n) is 27.9. The van der Waals surface area contributed by atoms with Crippen LogP contribution in [0.4, 0.5) is 0 Å². The monoisotopic (exact) mass is 1100 g/mol. The number of aliphatic hydroxyl groups is 2. The highest BCUT2D eigenvalue weighted by Crippen LogP contribution is 2.17. The average molecular weight is 1100 g/mol. The number of fused-ring (bicyclic) bond motifs is 1. The Morgan fingerprint density at radius 2 is 1.27 bits per heavy atom. The number of para-hydroxylation sites is 1. The summed E-state index contributed by atoms with van der Waals surface area (Å²) in [5, 5.41) is 17.9. The van der Waals surface area contributed by atoms with E-state index in [0.29, 0.717) is 45.9 Å². The number of aromatic amines is 2. The van der Waals surface area contributed by atoms with Crippen molar-refractivity contribution < 1.29 is 38.7 Å². The third-order valence-corrected chi connectivity index (χ3v) is 10.1. The van der Waals surface area contributed by atoms with E-state index in [1.165, 1.54) is 53.5 Å². The minimum atomic E-state index is -0.509. The zero-order valence-electron chi connectivity index (χ0n) is 50.5. The van der Waals surface area contributed by atoms with Gasteiger partial charge in [0.2, 0.25) is 0 Å². The van der Waals surface area contributed by atoms with Crippen LogP contribution in [0.5, 0.6) is 0 Å². The fraction of sp³-hybridized carbons (Fsp3) is 0.593. The van der Waals surface area contributed by atoms with Gasteiger partial charge in [0, 0.05) is 133 Å². The van der Waals surface area contributed by atoms with Crippen LogP contribution in [0.2, 0.25) is 0 Å². The van der Waals surface area contributed by atoms with Crippen molar-refractivity contribution in [2.75, 3.05) is 67.1 Å². The number of esters is 1. The number of rotatable bonds is 22. The normalized spacial score (nSPS) is 10.0. The number of nitrogens with one attached hydrogen (secondary N) is 2. The second-order valence-electron chi connectivity index (χ2n) is 16.6. The lowest BCUT2D eigenvalue weighted by molar-refractivity contribution is -0.142. The molecule has 78 heavy (non-hydrogen) atoms. The van der Waals surface area contributed by atoms with E-state index in [0.717, 1.165) is 52.1 Å². The number of hydrogen-bond acceptors (Lipinski definition) is 13. The number of carbonyl (C=O) groups excluding carboxylic acids is 1. The molecule has 0 amide bonds. The Kier molecular flexibility index (Phi) is 57.4. The molecule has 0 aliphatic heterocycles. The van der Waals surface area contributed by atoms with Crippen LogP contribution < -0.4 is 0 Å². The van der Waals surface area contributed by atoms with Crippen molar-refractivity contribution in [2.24, 2.45) is 7.05 Å². The quantitative estimate of drug-likeness (QED) is 0.0367. The van der Waals surface area contributed by atoms with Gasteiger partial charge < -0.3 is 62.1 Å². The molecular weight excluding hydrogens is 991 g/mol. The number of aliphatic hydroxyl groups excluding tert-OH is 2. The Labute approximate surface area is 469 Å². The molecule has 19 nitrogen and oxygen atoms in total. The third kappa shape index (κ3) is 47.3. The van der Waals surface area contributed by atoms with E-state index in [9.17, 15) is 4.79 Å². The fourth-order valence-corrected chi connectivity index (χ4v) is 5.63. The predicted octanol–water partition coefficient (Wildman–Crippen LogP) is 11.0. The topological polar surface area (TPSA) is 219 Å². The number of imidazole rings is 5. The van der Waals surface area contributed by atoms with Crippen LogP contribution >= 0.6 is 0 Å². The van der Waals surface area contributed by atoms with E-state index in [-0.39, 0.29) is 12.6 Å². The Morgan fingerprint density at radius 1 is 0.679 bits per heavy atom. The lowest BCUT2D eigenvalue weighted by Crippen LogP contribution is -2.08. The first-order chi connectivity index (χ1) is 37.9. The Balaban J connectivity index is -0.000000806. The lowest BCUT2D eigenvalue weighted by Gasteiger charge is -1.97. The van der Waals surface area contributed by atoms with Gasteiger partial charge in [-0.15, -0.1) is 0 Å². The number of methoxy groups -OCH3 is 2. The van der Waals surface area contributed by atoms with Crippen LogP contribution in [0, 0.1) is 0 Å². The highest BCUT2D eigenvalue weighted by atomic mass is 16.5. The van der Waals surface area contributed by atoms with Crippen molar-refractivity contribution in [1.29, 1.82) is 0 Å². The van der Waals surface area contributed by atoms with E-state index >= 15 is 0 Å². The van der Waals surface area contributed by atoms with Crippen LogP contribution in [-0.4, -0.2) is 143 Å². The fourth-order valence-electron chi connectivity index (χ4n) is 5.63. The van der Waals surface area contributed by atoms with E-state index in [4.69, 9.17) is 29.2 Å². The van der Waals surface area contributed by atoms with Gasteiger partial charge in [0.05, 0.1) is 83.1 Å². The molecule has 0 aliphatic carbocycles. The number of aryl methyl sites for hydroxylation is 7. The molecule has 0 spiro atoms.